The average molecular weight is 220 g/mol. The normalized spacial score (nSPS) is 15.2. The predicted octanol–water partition coefficient (Wildman–Crippen LogP) is 1.84. The van der Waals surface area contributed by atoms with Crippen LogP contribution in [0, 0.1) is 0 Å². The fraction of sp³-hybridized carbons (Fsp3) is 0.615. The van der Waals surface area contributed by atoms with Crippen LogP contribution < -0.4 is 11.3 Å². The van der Waals surface area contributed by atoms with Crippen LogP contribution >= 0.6 is 0 Å². The number of hydrogen-bond donors (Lipinski definition) is 2. The van der Waals surface area contributed by atoms with E-state index in [9.17, 15) is 4.79 Å². The number of aromatic nitrogens is 1. The van der Waals surface area contributed by atoms with Crippen molar-refractivity contribution < 1.29 is 0 Å². The second kappa shape index (κ2) is 4.42. The number of nitrogens with one attached hydrogen (secondary N) is 1. The van der Waals surface area contributed by atoms with Gasteiger partial charge in [0, 0.05) is 17.8 Å². The van der Waals surface area contributed by atoms with Crippen molar-refractivity contribution in [2.75, 3.05) is 0 Å². The first kappa shape index (κ1) is 11.4. The van der Waals surface area contributed by atoms with Crippen LogP contribution in [0.15, 0.2) is 4.79 Å². The summed E-state index contributed by atoms with van der Waals surface area (Å²) in [5.41, 5.74) is 10.2. The molecule has 0 atom stereocenters. The third kappa shape index (κ3) is 1.80. The highest BCUT2D eigenvalue weighted by Gasteiger charge is 2.20. The molecular formula is C13H20N2O. The maximum atomic E-state index is 11.9. The molecule has 3 nitrogen and oxygen atoms in total. The first-order chi connectivity index (χ1) is 7.65. The Morgan fingerprint density at radius 3 is 2.44 bits per heavy atom. The molecule has 0 spiro atoms. The van der Waals surface area contributed by atoms with Crippen molar-refractivity contribution in [2.45, 2.75) is 52.0 Å². The maximum Gasteiger partial charge on any atom is 0.252 e. The van der Waals surface area contributed by atoms with Gasteiger partial charge < -0.3 is 10.7 Å². The van der Waals surface area contributed by atoms with Gasteiger partial charge in [-0.3, -0.25) is 4.79 Å². The Bertz CT molecular complexity index is 446. The lowest BCUT2D eigenvalue weighted by atomic mass is 9.85. The second-order valence-corrected chi connectivity index (χ2v) is 4.87. The number of H-pyrrole nitrogens is 1. The molecule has 0 aromatic carbocycles. The molecular weight excluding hydrogens is 200 g/mol. The smallest absolute Gasteiger partial charge is 0.252 e. The van der Waals surface area contributed by atoms with Crippen LogP contribution in [0.4, 0.5) is 0 Å². The van der Waals surface area contributed by atoms with E-state index in [1.165, 1.54) is 24.0 Å². The first-order valence-electron chi connectivity index (χ1n) is 6.12. The molecule has 1 aliphatic carbocycles. The van der Waals surface area contributed by atoms with E-state index in [1.807, 2.05) is 0 Å². The van der Waals surface area contributed by atoms with Crippen LogP contribution in [-0.4, -0.2) is 4.98 Å². The van der Waals surface area contributed by atoms with Crippen molar-refractivity contribution in [1.29, 1.82) is 0 Å². The van der Waals surface area contributed by atoms with Crippen LogP contribution in [0.3, 0.4) is 0 Å². The zero-order valence-electron chi connectivity index (χ0n) is 10.1. The summed E-state index contributed by atoms with van der Waals surface area (Å²) in [5.74, 6) is 0.381. The number of aromatic amines is 1. The molecule has 0 saturated heterocycles. The Hall–Kier alpha value is -1.09. The van der Waals surface area contributed by atoms with E-state index in [2.05, 4.69) is 18.8 Å². The maximum absolute atomic E-state index is 11.9. The van der Waals surface area contributed by atoms with Crippen LogP contribution in [0.1, 0.15) is 55.0 Å². The van der Waals surface area contributed by atoms with Gasteiger partial charge in [-0.25, -0.2) is 0 Å². The monoisotopic (exact) mass is 220 g/mol. The summed E-state index contributed by atoms with van der Waals surface area (Å²) in [6, 6.07) is 0. The lowest BCUT2D eigenvalue weighted by Crippen LogP contribution is -2.25. The van der Waals surface area contributed by atoms with Gasteiger partial charge >= 0.3 is 0 Å². The number of nitrogens with two attached hydrogens (primary N) is 1. The molecule has 0 amide bonds. The summed E-state index contributed by atoms with van der Waals surface area (Å²) in [4.78, 5) is 14.9. The quantitative estimate of drug-likeness (QED) is 0.799. The van der Waals surface area contributed by atoms with Crippen molar-refractivity contribution in [3.05, 3.63) is 32.7 Å². The standard InChI is InChI=1S/C13H20N2O/c1-8(2)12-10-6-4-3-5-9(10)11(7-14)13(16)15-12/h8H,3-7,14H2,1-2H3,(H,15,16). The van der Waals surface area contributed by atoms with Crippen LogP contribution in [0.2, 0.25) is 0 Å². The van der Waals surface area contributed by atoms with E-state index >= 15 is 0 Å². The fourth-order valence-corrected chi connectivity index (χ4v) is 2.65. The highest BCUT2D eigenvalue weighted by molar-refractivity contribution is 5.39. The second-order valence-electron chi connectivity index (χ2n) is 4.87. The first-order valence-corrected chi connectivity index (χ1v) is 6.12. The minimum absolute atomic E-state index is 0.0202. The Morgan fingerprint density at radius 2 is 1.88 bits per heavy atom. The van der Waals surface area contributed by atoms with E-state index in [-0.39, 0.29) is 5.56 Å². The summed E-state index contributed by atoms with van der Waals surface area (Å²) >= 11 is 0. The number of pyridine rings is 1. The molecule has 1 aliphatic rings. The number of rotatable bonds is 2. The number of hydrogen-bond acceptors (Lipinski definition) is 2. The molecule has 0 saturated carbocycles. The molecule has 16 heavy (non-hydrogen) atoms. The van der Waals surface area contributed by atoms with Crippen LogP contribution in [0.25, 0.3) is 0 Å². The summed E-state index contributed by atoms with van der Waals surface area (Å²) in [5, 5.41) is 0. The zero-order valence-corrected chi connectivity index (χ0v) is 10.1. The van der Waals surface area contributed by atoms with Crippen LogP contribution in [0.5, 0.6) is 0 Å². The van der Waals surface area contributed by atoms with Crippen molar-refractivity contribution in [1.82, 2.24) is 4.98 Å². The van der Waals surface area contributed by atoms with Crippen molar-refractivity contribution >= 4 is 0 Å². The third-order valence-electron chi connectivity index (χ3n) is 3.46. The molecule has 1 aromatic heterocycles. The SMILES string of the molecule is CC(C)c1[nH]c(=O)c(CN)c2c1CCCC2. The van der Waals surface area contributed by atoms with Gasteiger partial charge in [-0.05, 0) is 42.7 Å². The molecule has 3 N–H and O–H groups in total. The molecule has 0 fully saturated rings. The molecule has 0 unspecified atom stereocenters. The Kier molecular flexibility index (Phi) is 3.15. The minimum atomic E-state index is 0.0202. The molecule has 88 valence electrons. The summed E-state index contributed by atoms with van der Waals surface area (Å²) < 4.78 is 0. The van der Waals surface area contributed by atoms with E-state index < -0.39 is 0 Å². The van der Waals surface area contributed by atoms with Gasteiger partial charge in [0.25, 0.3) is 5.56 Å². The zero-order chi connectivity index (χ0) is 11.7. The molecule has 0 aliphatic heterocycles. The van der Waals surface area contributed by atoms with Crippen molar-refractivity contribution in [3.8, 4) is 0 Å². The third-order valence-corrected chi connectivity index (χ3v) is 3.46. The summed E-state index contributed by atoms with van der Waals surface area (Å²) in [6.07, 6.45) is 4.52. The van der Waals surface area contributed by atoms with Crippen molar-refractivity contribution in [3.63, 3.8) is 0 Å². The topological polar surface area (TPSA) is 58.9 Å². The van der Waals surface area contributed by atoms with E-state index in [1.54, 1.807) is 0 Å². The van der Waals surface area contributed by atoms with Gasteiger partial charge in [0.05, 0.1) is 0 Å². The molecule has 0 bridgehead atoms. The van der Waals surface area contributed by atoms with E-state index in [0.717, 1.165) is 24.1 Å². The molecule has 3 heteroatoms. The Labute approximate surface area is 96.1 Å². The Morgan fingerprint density at radius 1 is 1.25 bits per heavy atom. The van der Waals surface area contributed by atoms with E-state index in [0.29, 0.717) is 12.5 Å². The van der Waals surface area contributed by atoms with Gasteiger partial charge in [0.2, 0.25) is 0 Å². The fourth-order valence-electron chi connectivity index (χ4n) is 2.65. The molecule has 1 aromatic rings. The van der Waals surface area contributed by atoms with Gasteiger partial charge in [-0.1, -0.05) is 13.8 Å². The average Bonchev–Trinajstić information content (AvgIpc) is 2.28. The van der Waals surface area contributed by atoms with Gasteiger partial charge in [-0.2, -0.15) is 0 Å². The molecule has 2 rings (SSSR count). The summed E-state index contributed by atoms with van der Waals surface area (Å²) in [6.45, 7) is 4.61. The highest BCUT2D eigenvalue weighted by Crippen LogP contribution is 2.28. The lowest BCUT2D eigenvalue weighted by Gasteiger charge is -2.23. The van der Waals surface area contributed by atoms with Crippen LogP contribution in [-0.2, 0) is 19.4 Å². The predicted molar refractivity (Wildman–Crippen MR) is 65.7 cm³/mol. The lowest BCUT2D eigenvalue weighted by molar-refractivity contribution is 0.648. The van der Waals surface area contributed by atoms with Gasteiger partial charge in [0.15, 0.2) is 0 Å². The van der Waals surface area contributed by atoms with Crippen molar-refractivity contribution in [2.24, 2.45) is 5.73 Å². The van der Waals surface area contributed by atoms with Gasteiger partial charge in [0.1, 0.15) is 0 Å². The largest absolute Gasteiger partial charge is 0.326 e. The minimum Gasteiger partial charge on any atom is -0.326 e. The molecule has 1 heterocycles. The van der Waals surface area contributed by atoms with Gasteiger partial charge in [-0.15, -0.1) is 0 Å². The molecule has 0 radical (unpaired) electrons. The number of fused-ring (bicyclic) bond motifs is 1. The van der Waals surface area contributed by atoms with E-state index in [4.69, 9.17) is 5.73 Å². The summed E-state index contributed by atoms with van der Waals surface area (Å²) in [7, 11) is 0. The highest BCUT2D eigenvalue weighted by atomic mass is 16.1. The Balaban J connectivity index is 2.67.